The molecule has 9 heteroatoms. The van der Waals surface area contributed by atoms with Crippen LogP contribution >= 0.6 is 0 Å². The molecule has 3 aromatic rings. The van der Waals surface area contributed by atoms with Gasteiger partial charge in [0.2, 0.25) is 11.8 Å². The van der Waals surface area contributed by atoms with Gasteiger partial charge in [-0.25, -0.2) is 4.68 Å². The number of amides is 2. The summed E-state index contributed by atoms with van der Waals surface area (Å²) in [5.74, 6) is -0.473. The number of pyridine rings is 1. The number of carbonyl (C=O) groups is 2. The Bertz CT molecular complexity index is 1120. The molecule has 0 aliphatic carbocycles. The van der Waals surface area contributed by atoms with Crippen molar-refractivity contribution < 1.29 is 14.3 Å². The summed E-state index contributed by atoms with van der Waals surface area (Å²) in [5, 5.41) is 11.5. The van der Waals surface area contributed by atoms with Crippen LogP contribution < -0.4 is 5.32 Å². The van der Waals surface area contributed by atoms with Gasteiger partial charge in [0, 0.05) is 36.6 Å². The molecule has 2 aromatic heterocycles. The lowest BCUT2D eigenvalue weighted by molar-refractivity contribution is -0.144. The second kappa shape index (κ2) is 10.3. The van der Waals surface area contributed by atoms with Crippen molar-refractivity contribution in [3.63, 3.8) is 0 Å². The zero-order valence-corrected chi connectivity index (χ0v) is 20.0. The number of carbonyl (C=O) groups excluding carboxylic acids is 2. The highest BCUT2D eigenvalue weighted by Gasteiger charge is 2.36. The fourth-order valence-corrected chi connectivity index (χ4v) is 4.11. The number of benzene rings is 1. The standard InChI is InChI=1S/C25H32N6O3/c1-4-25(2,3)27-24(33)23(18-9-7-13-26-15-18)30(16-19-10-8-14-34-19)22(32)17-31-21-12-6-5-11-20(21)28-29-31/h5-7,9,11-13,15,19,23H,4,8,10,14,16-17H2,1-3H3,(H,27,33). The van der Waals surface area contributed by atoms with Crippen molar-refractivity contribution in [2.75, 3.05) is 13.2 Å². The van der Waals surface area contributed by atoms with Gasteiger partial charge in [0.15, 0.2) is 0 Å². The highest BCUT2D eigenvalue weighted by atomic mass is 16.5. The Morgan fingerprint density at radius 3 is 2.79 bits per heavy atom. The summed E-state index contributed by atoms with van der Waals surface area (Å²) in [4.78, 5) is 33.3. The van der Waals surface area contributed by atoms with Crippen molar-refractivity contribution in [1.29, 1.82) is 0 Å². The van der Waals surface area contributed by atoms with Crippen molar-refractivity contribution >= 4 is 22.8 Å². The second-order valence-corrected chi connectivity index (χ2v) is 9.33. The van der Waals surface area contributed by atoms with Gasteiger partial charge in [-0.15, -0.1) is 5.10 Å². The second-order valence-electron chi connectivity index (χ2n) is 9.33. The van der Waals surface area contributed by atoms with Crippen LogP contribution in [0.3, 0.4) is 0 Å². The molecule has 1 fully saturated rings. The van der Waals surface area contributed by atoms with Crippen LogP contribution in [0, 0.1) is 0 Å². The molecule has 0 bridgehead atoms. The number of fused-ring (bicyclic) bond motifs is 1. The van der Waals surface area contributed by atoms with E-state index in [2.05, 4.69) is 20.6 Å². The molecule has 1 aliphatic heterocycles. The third-order valence-electron chi connectivity index (χ3n) is 6.36. The van der Waals surface area contributed by atoms with Crippen LogP contribution in [-0.2, 0) is 20.9 Å². The van der Waals surface area contributed by atoms with Crippen LogP contribution in [0.4, 0.5) is 0 Å². The monoisotopic (exact) mass is 464 g/mol. The maximum atomic E-state index is 13.8. The summed E-state index contributed by atoms with van der Waals surface area (Å²) in [6.45, 7) is 6.90. The van der Waals surface area contributed by atoms with Crippen LogP contribution in [0.1, 0.15) is 51.6 Å². The van der Waals surface area contributed by atoms with Crippen LogP contribution in [0.5, 0.6) is 0 Å². The number of nitrogens with zero attached hydrogens (tertiary/aromatic N) is 5. The number of hydrogen-bond donors (Lipinski definition) is 1. The Morgan fingerprint density at radius 1 is 1.26 bits per heavy atom. The third-order valence-corrected chi connectivity index (χ3v) is 6.36. The van der Waals surface area contributed by atoms with E-state index in [4.69, 9.17) is 4.74 Å². The number of ether oxygens (including phenoxy) is 1. The fraction of sp³-hybridized carbons (Fsp3) is 0.480. The summed E-state index contributed by atoms with van der Waals surface area (Å²) in [6.07, 6.45) is 5.71. The predicted molar refractivity (Wildman–Crippen MR) is 128 cm³/mol. The first-order chi connectivity index (χ1) is 16.4. The minimum absolute atomic E-state index is 0.0333. The van der Waals surface area contributed by atoms with E-state index in [1.54, 1.807) is 28.0 Å². The van der Waals surface area contributed by atoms with Gasteiger partial charge >= 0.3 is 0 Å². The van der Waals surface area contributed by atoms with Gasteiger partial charge in [0.1, 0.15) is 18.1 Å². The molecule has 1 aromatic carbocycles. The molecule has 9 nitrogen and oxygen atoms in total. The lowest BCUT2D eigenvalue weighted by Crippen LogP contribution is -2.52. The number of aromatic nitrogens is 4. The summed E-state index contributed by atoms with van der Waals surface area (Å²) in [5.41, 5.74) is 1.72. The van der Waals surface area contributed by atoms with Gasteiger partial charge in [-0.05, 0) is 51.3 Å². The molecule has 1 N–H and O–H groups in total. The van der Waals surface area contributed by atoms with Gasteiger partial charge in [0.25, 0.3) is 0 Å². The topological polar surface area (TPSA) is 102 Å². The predicted octanol–water partition coefficient (Wildman–Crippen LogP) is 2.88. The molecule has 180 valence electrons. The molecule has 2 unspecified atom stereocenters. The van der Waals surface area contributed by atoms with E-state index >= 15 is 0 Å². The Balaban J connectivity index is 1.69. The average molecular weight is 465 g/mol. The molecule has 3 heterocycles. The minimum Gasteiger partial charge on any atom is -0.376 e. The smallest absolute Gasteiger partial charge is 0.247 e. The Hall–Kier alpha value is -3.33. The molecule has 4 rings (SSSR count). The van der Waals surface area contributed by atoms with E-state index in [-0.39, 0.29) is 24.5 Å². The first-order valence-electron chi connectivity index (χ1n) is 11.8. The van der Waals surface area contributed by atoms with Crippen molar-refractivity contribution in [2.24, 2.45) is 0 Å². The highest BCUT2D eigenvalue weighted by molar-refractivity contribution is 5.89. The molecule has 0 spiro atoms. The Kier molecular flexibility index (Phi) is 7.21. The SMILES string of the molecule is CCC(C)(C)NC(=O)C(c1cccnc1)N(CC1CCCO1)C(=O)Cn1nnc2ccccc21. The quantitative estimate of drug-likeness (QED) is 0.522. The Morgan fingerprint density at radius 2 is 2.09 bits per heavy atom. The van der Waals surface area contributed by atoms with E-state index in [0.717, 1.165) is 24.8 Å². The van der Waals surface area contributed by atoms with E-state index in [1.807, 2.05) is 51.1 Å². The summed E-state index contributed by atoms with van der Waals surface area (Å²) < 4.78 is 7.43. The molecule has 2 amide bonds. The normalized spacial score (nSPS) is 17.0. The van der Waals surface area contributed by atoms with Crippen LogP contribution in [0.2, 0.25) is 0 Å². The molecule has 1 aliphatic rings. The lowest BCUT2D eigenvalue weighted by atomic mass is 9.99. The van der Waals surface area contributed by atoms with E-state index in [0.29, 0.717) is 24.2 Å². The molecule has 0 radical (unpaired) electrons. The molecule has 0 saturated carbocycles. The molecular formula is C25H32N6O3. The highest BCUT2D eigenvalue weighted by Crippen LogP contribution is 2.26. The summed E-state index contributed by atoms with van der Waals surface area (Å²) in [7, 11) is 0. The van der Waals surface area contributed by atoms with Gasteiger partial charge < -0.3 is 15.0 Å². The largest absolute Gasteiger partial charge is 0.376 e. The minimum atomic E-state index is -0.842. The Labute approximate surface area is 199 Å². The molecule has 34 heavy (non-hydrogen) atoms. The fourth-order valence-electron chi connectivity index (χ4n) is 4.11. The molecular weight excluding hydrogens is 432 g/mol. The van der Waals surface area contributed by atoms with Crippen molar-refractivity contribution in [3.8, 4) is 0 Å². The van der Waals surface area contributed by atoms with E-state index in [9.17, 15) is 9.59 Å². The lowest BCUT2D eigenvalue weighted by Gasteiger charge is -2.35. The van der Waals surface area contributed by atoms with Gasteiger partial charge in [-0.3, -0.25) is 14.6 Å². The third kappa shape index (κ3) is 5.41. The van der Waals surface area contributed by atoms with E-state index < -0.39 is 11.6 Å². The van der Waals surface area contributed by atoms with Gasteiger partial charge in [-0.1, -0.05) is 30.3 Å². The maximum absolute atomic E-state index is 13.8. The number of nitrogens with one attached hydrogen (secondary N) is 1. The van der Waals surface area contributed by atoms with Crippen molar-refractivity contribution in [3.05, 3.63) is 54.4 Å². The van der Waals surface area contributed by atoms with Gasteiger partial charge in [0.05, 0.1) is 11.6 Å². The number of para-hydroxylation sites is 1. The first kappa shape index (κ1) is 23.8. The zero-order chi connectivity index (χ0) is 24.1. The van der Waals surface area contributed by atoms with Crippen LogP contribution in [-0.4, -0.2) is 61.5 Å². The molecule has 2 atom stereocenters. The van der Waals surface area contributed by atoms with Crippen LogP contribution in [0.25, 0.3) is 11.0 Å². The number of hydrogen-bond acceptors (Lipinski definition) is 6. The number of rotatable bonds is 9. The van der Waals surface area contributed by atoms with Gasteiger partial charge in [-0.2, -0.15) is 0 Å². The molecule has 1 saturated heterocycles. The van der Waals surface area contributed by atoms with Crippen molar-refractivity contribution in [1.82, 2.24) is 30.2 Å². The average Bonchev–Trinajstić information content (AvgIpc) is 3.49. The zero-order valence-electron chi connectivity index (χ0n) is 20.0. The van der Waals surface area contributed by atoms with Crippen LogP contribution in [0.15, 0.2) is 48.8 Å². The van der Waals surface area contributed by atoms with Crippen molar-refractivity contribution in [2.45, 2.75) is 64.3 Å². The first-order valence-corrected chi connectivity index (χ1v) is 11.8. The summed E-state index contributed by atoms with van der Waals surface area (Å²) in [6, 6.07) is 10.3. The van der Waals surface area contributed by atoms with E-state index in [1.165, 1.54) is 0 Å². The maximum Gasteiger partial charge on any atom is 0.247 e. The summed E-state index contributed by atoms with van der Waals surface area (Å²) >= 11 is 0.